The van der Waals surface area contributed by atoms with Crippen LogP contribution in [0.4, 0.5) is 0 Å². The maximum absolute atomic E-state index is 12.2. The molecule has 0 bridgehead atoms. The van der Waals surface area contributed by atoms with Gasteiger partial charge in [0.05, 0.1) is 7.11 Å². The molecule has 2 aromatic heterocycles. The molecule has 0 unspecified atom stereocenters. The Hall–Kier alpha value is -3.32. The number of aromatic nitrogens is 2. The highest BCUT2D eigenvalue weighted by Crippen LogP contribution is 2.24. The first-order chi connectivity index (χ1) is 13.1. The van der Waals surface area contributed by atoms with Gasteiger partial charge in [-0.2, -0.15) is 4.98 Å². The van der Waals surface area contributed by atoms with Crippen molar-refractivity contribution in [2.24, 2.45) is 0 Å². The molecule has 8 heteroatoms. The van der Waals surface area contributed by atoms with Crippen LogP contribution >= 0.6 is 11.6 Å². The molecule has 0 amide bonds. The number of rotatable bonds is 5. The number of halogens is 1. The molecule has 0 saturated heterocycles. The summed E-state index contributed by atoms with van der Waals surface area (Å²) in [4.78, 5) is 16.4. The van der Waals surface area contributed by atoms with E-state index in [1.165, 1.54) is 0 Å². The Kier molecular flexibility index (Phi) is 4.52. The molecule has 0 aliphatic heterocycles. The number of methoxy groups -OCH3 is 1. The first-order valence-corrected chi connectivity index (χ1v) is 8.33. The van der Waals surface area contributed by atoms with Crippen molar-refractivity contribution in [3.05, 3.63) is 65.2 Å². The molecule has 0 aliphatic carbocycles. The van der Waals surface area contributed by atoms with E-state index in [1.54, 1.807) is 55.6 Å². The lowest BCUT2D eigenvalue weighted by atomic mass is 10.2. The number of nitrogens with zero attached hydrogens (tertiary/aromatic N) is 2. The van der Waals surface area contributed by atoms with Gasteiger partial charge in [0.15, 0.2) is 6.61 Å². The number of hydrogen-bond acceptors (Lipinski definition) is 7. The fourth-order valence-corrected chi connectivity index (χ4v) is 2.66. The minimum Gasteiger partial charge on any atom is -0.497 e. The van der Waals surface area contributed by atoms with Crippen LogP contribution in [0.5, 0.6) is 5.75 Å². The van der Waals surface area contributed by atoms with Crippen molar-refractivity contribution in [2.45, 2.75) is 6.61 Å². The monoisotopic (exact) mass is 384 g/mol. The van der Waals surface area contributed by atoms with Crippen LogP contribution in [0.1, 0.15) is 16.4 Å². The van der Waals surface area contributed by atoms with Crippen LogP contribution in [0, 0.1) is 0 Å². The Morgan fingerprint density at radius 1 is 1.15 bits per heavy atom. The smallest absolute Gasteiger partial charge is 0.374 e. The fourth-order valence-electron chi connectivity index (χ4n) is 2.48. The molecule has 0 radical (unpaired) electrons. The predicted octanol–water partition coefficient (Wildman–Crippen LogP) is 4.50. The van der Waals surface area contributed by atoms with Gasteiger partial charge in [-0.1, -0.05) is 16.8 Å². The van der Waals surface area contributed by atoms with Gasteiger partial charge in [-0.05, 0) is 48.5 Å². The third-order valence-electron chi connectivity index (χ3n) is 3.82. The number of hydrogen-bond donors (Lipinski definition) is 0. The molecule has 0 spiro atoms. The molecule has 2 aromatic carbocycles. The van der Waals surface area contributed by atoms with Gasteiger partial charge in [-0.25, -0.2) is 4.79 Å². The van der Waals surface area contributed by atoms with Crippen molar-refractivity contribution >= 4 is 28.5 Å². The minimum absolute atomic E-state index is 0.0714. The average molecular weight is 385 g/mol. The number of carbonyl (C=O) groups excluding carboxylic acids is 1. The number of ether oxygens (including phenoxy) is 2. The van der Waals surface area contributed by atoms with Crippen molar-refractivity contribution in [2.75, 3.05) is 7.11 Å². The summed E-state index contributed by atoms with van der Waals surface area (Å²) in [6.07, 6.45) is 0. The normalized spacial score (nSPS) is 10.9. The molecule has 0 atom stereocenters. The number of esters is 1. The summed E-state index contributed by atoms with van der Waals surface area (Å²) in [6.45, 7) is -0.167. The first-order valence-electron chi connectivity index (χ1n) is 7.95. The lowest BCUT2D eigenvalue weighted by molar-refractivity contribution is 0.0396. The molecule has 2 heterocycles. The summed E-state index contributed by atoms with van der Waals surface area (Å²) in [5, 5.41) is 5.15. The van der Waals surface area contributed by atoms with E-state index in [-0.39, 0.29) is 18.3 Å². The summed E-state index contributed by atoms with van der Waals surface area (Å²) in [7, 11) is 1.59. The molecule has 27 heavy (non-hydrogen) atoms. The minimum atomic E-state index is -0.633. The zero-order valence-corrected chi connectivity index (χ0v) is 14.9. The van der Waals surface area contributed by atoms with Crippen molar-refractivity contribution in [3.8, 4) is 17.1 Å². The van der Waals surface area contributed by atoms with Gasteiger partial charge in [0.1, 0.15) is 11.3 Å². The van der Waals surface area contributed by atoms with E-state index in [2.05, 4.69) is 10.1 Å². The Bertz CT molecular complexity index is 1100. The second-order valence-corrected chi connectivity index (χ2v) is 6.05. The standard InChI is InChI=1S/C19H13ClN2O5/c1-24-14-5-2-11(3-6-14)18-21-17(27-22-18)10-25-19(23)16-9-12-8-13(20)4-7-15(12)26-16/h2-9H,10H2,1H3. The van der Waals surface area contributed by atoms with Gasteiger partial charge in [0, 0.05) is 16.0 Å². The Morgan fingerprint density at radius 2 is 1.96 bits per heavy atom. The highest BCUT2D eigenvalue weighted by molar-refractivity contribution is 6.31. The fraction of sp³-hybridized carbons (Fsp3) is 0.105. The number of carbonyl (C=O) groups is 1. The lowest BCUT2D eigenvalue weighted by Crippen LogP contribution is -2.04. The number of benzene rings is 2. The summed E-state index contributed by atoms with van der Waals surface area (Å²) in [6, 6.07) is 13.8. The van der Waals surface area contributed by atoms with Gasteiger partial charge >= 0.3 is 5.97 Å². The van der Waals surface area contributed by atoms with E-state index in [1.807, 2.05) is 0 Å². The Morgan fingerprint density at radius 3 is 2.74 bits per heavy atom. The first kappa shape index (κ1) is 17.1. The predicted molar refractivity (Wildman–Crippen MR) is 96.6 cm³/mol. The molecule has 4 aromatic rings. The molecule has 0 aliphatic rings. The van der Waals surface area contributed by atoms with Gasteiger partial charge in [0.25, 0.3) is 5.89 Å². The van der Waals surface area contributed by atoms with Crippen LogP contribution in [0.15, 0.2) is 57.5 Å². The molecule has 0 saturated carbocycles. The van der Waals surface area contributed by atoms with Gasteiger partial charge in [-0.3, -0.25) is 0 Å². The molecule has 0 N–H and O–H groups in total. The second-order valence-electron chi connectivity index (χ2n) is 5.61. The summed E-state index contributed by atoms with van der Waals surface area (Å²) in [5.41, 5.74) is 1.30. The van der Waals surface area contributed by atoms with E-state index in [0.717, 1.165) is 11.3 Å². The molecule has 7 nitrogen and oxygen atoms in total. The number of furan rings is 1. The van der Waals surface area contributed by atoms with Crippen LogP contribution in [0.3, 0.4) is 0 Å². The van der Waals surface area contributed by atoms with E-state index in [0.29, 0.717) is 21.8 Å². The van der Waals surface area contributed by atoms with E-state index < -0.39 is 5.97 Å². The van der Waals surface area contributed by atoms with Crippen LogP contribution in [-0.4, -0.2) is 23.2 Å². The van der Waals surface area contributed by atoms with Crippen LogP contribution in [0.25, 0.3) is 22.4 Å². The average Bonchev–Trinajstić information content (AvgIpc) is 3.33. The van der Waals surface area contributed by atoms with Crippen molar-refractivity contribution in [3.63, 3.8) is 0 Å². The number of fused-ring (bicyclic) bond motifs is 1. The highest BCUT2D eigenvalue weighted by atomic mass is 35.5. The quantitative estimate of drug-likeness (QED) is 0.468. The van der Waals surface area contributed by atoms with Crippen LogP contribution in [-0.2, 0) is 11.3 Å². The SMILES string of the molecule is COc1ccc(-c2noc(COC(=O)c3cc4cc(Cl)ccc4o3)n2)cc1. The summed E-state index contributed by atoms with van der Waals surface area (Å²) >= 11 is 5.93. The Labute approximate surface area is 158 Å². The van der Waals surface area contributed by atoms with E-state index >= 15 is 0 Å². The van der Waals surface area contributed by atoms with Crippen molar-refractivity contribution in [1.82, 2.24) is 10.1 Å². The van der Waals surface area contributed by atoms with Crippen LogP contribution < -0.4 is 4.74 Å². The second kappa shape index (κ2) is 7.13. The van der Waals surface area contributed by atoms with E-state index in [9.17, 15) is 4.79 Å². The Balaban J connectivity index is 1.43. The van der Waals surface area contributed by atoms with Crippen LogP contribution in [0.2, 0.25) is 5.02 Å². The zero-order chi connectivity index (χ0) is 18.8. The van der Waals surface area contributed by atoms with Crippen molar-refractivity contribution < 1.29 is 23.2 Å². The summed E-state index contributed by atoms with van der Waals surface area (Å²) in [5.74, 6) is 0.729. The highest BCUT2D eigenvalue weighted by Gasteiger charge is 2.16. The largest absolute Gasteiger partial charge is 0.497 e. The zero-order valence-electron chi connectivity index (χ0n) is 14.1. The van der Waals surface area contributed by atoms with E-state index in [4.69, 9.17) is 30.0 Å². The van der Waals surface area contributed by atoms with Gasteiger partial charge in [-0.15, -0.1) is 0 Å². The molecule has 0 fully saturated rings. The lowest BCUT2D eigenvalue weighted by Gasteiger charge is -1.99. The maximum Gasteiger partial charge on any atom is 0.374 e. The third-order valence-corrected chi connectivity index (χ3v) is 4.06. The maximum atomic E-state index is 12.2. The molecular formula is C19H13ClN2O5. The molecule has 136 valence electrons. The molecule has 4 rings (SSSR count). The third kappa shape index (κ3) is 3.63. The van der Waals surface area contributed by atoms with Gasteiger partial charge in [0.2, 0.25) is 11.6 Å². The van der Waals surface area contributed by atoms with Gasteiger partial charge < -0.3 is 18.4 Å². The molecular weight excluding hydrogens is 372 g/mol. The van der Waals surface area contributed by atoms with Crippen molar-refractivity contribution in [1.29, 1.82) is 0 Å². The topological polar surface area (TPSA) is 87.6 Å². The summed E-state index contributed by atoms with van der Waals surface area (Å²) < 4.78 is 20.9.